The molecule has 0 aliphatic rings. The van der Waals surface area contributed by atoms with Crippen LogP contribution >= 0.6 is 11.8 Å². The molecule has 1 aromatic carbocycles. The van der Waals surface area contributed by atoms with Gasteiger partial charge in [-0.05, 0) is 17.7 Å². The molecule has 0 heterocycles. The molecule has 1 aromatic rings. The molecular weight excluding hydrogens is 224 g/mol. The first kappa shape index (κ1) is 13.1. The van der Waals surface area contributed by atoms with Crippen LogP contribution in [0.25, 0.3) is 0 Å². The SMILES string of the molecule is COCCSc1ccc(CC(=O)OC)cc1. The van der Waals surface area contributed by atoms with Gasteiger partial charge in [-0.1, -0.05) is 12.1 Å². The number of hydrogen-bond acceptors (Lipinski definition) is 4. The number of carbonyl (C=O) groups is 1. The van der Waals surface area contributed by atoms with Gasteiger partial charge >= 0.3 is 5.97 Å². The van der Waals surface area contributed by atoms with Gasteiger partial charge in [0.25, 0.3) is 0 Å². The largest absolute Gasteiger partial charge is 0.469 e. The minimum absolute atomic E-state index is 0.209. The Bertz CT molecular complexity index is 322. The van der Waals surface area contributed by atoms with Crippen LogP contribution in [0.1, 0.15) is 5.56 Å². The zero-order valence-electron chi connectivity index (χ0n) is 9.56. The first-order chi connectivity index (χ1) is 7.76. The normalized spacial score (nSPS) is 10.1. The third-order valence-electron chi connectivity index (χ3n) is 2.06. The zero-order chi connectivity index (χ0) is 11.8. The number of thioether (sulfide) groups is 1. The van der Waals surface area contributed by atoms with E-state index in [1.807, 2.05) is 24.3 Å². The lowest BCUT2D eigenvalue weighted by atomic mass is 10.2. The van der Waals surface area contributed by atoms with Gasteiger partial charge in [0.05, 0.1) is 20.1 Å². The molecule has 4 heteroatoms. The van der Waals surface area contributed by atoms with Crippen LogP contribution in [0.3, 0.4) is 0 Å². The van der Waals surface area contributed by atoms with Gasteiger partial charge in [-0.15, -0.1) is 11.8 Å². The average Bonchev–Trinajstić information content (AvgIpc) is 2.31. The number of esters is 1. The molecule has 0 aromatic heterocycles. The minimum Gasteiger partial charge on any atom is -0.469 e. The summed E-state index contributed by atoms with van der Waals surface area (Å²) in [7, 11) is 3.09. The average molecular weight is 240 g/mol. The van der Waals surface area contributed by atoms with Gasteiger partial charge < -0.3 is 9.47 Å². The van der Waals surface area contributed by atoms with E-state index in [9.17, 15) is 4.79 Å². The van der Waals surface area contributed by atoms with Gasteiger partial charge in [0.2, 0.25) is 0 Å². The molecular formula is C12H16O3S. The van der Waals surface area contributed by atoms with Crippen LogP contribution in [-0.2, 0) is 20.7 Å². The second-order valence-electron chi connectivity index (χ2n) is 3.24. The van der Waals surface area contributed by atoms with Gasteiger partial charge in [0.1, 0.15) is 0 Å². The van der Waals surface area contributed by atoms with Crippen molar-refractivity contribution in [3.8, 4) is 0 Å². The maximum Gasteiger partial charge on any atom is 0.309 e. The van der Waals surface area contributed by atoms with Crippen LogP contribution in [0.4, 0.5) is 0 Å². The summed E-state index contributed by atoms with van der Waals surface area (Å²) < 4.78 is 9.58. The fourth-order valence-corrected chi connectivity index (χ4v) is 2.00. The molecule has 0 aliphatic heterocycles. The summed E-state index contributed by atoms with van der Waals surface area (Å²) in [6.07, 6.45) is 0.333. The highest BCUT2D eigenvalue weighted by Gasteiger charge is 2.02. The Morgan fingerprint density at radius 3 is 2.50 bits per heavy atom. The molecule has 0 fully saturated rings. The lowest BCUT2D eigenvalue weighted by molar-refractivity contribution is -0.139. The first-order valence-electron chi connectivity index (χ1n) is 5.03. The van der Waals surface area contributed by atoms with Crippen LogP contribution in [0, 0.1) is 0 Å². The van der Waals surface area contributed by atoms with E-state index in [1.165, 1.54) is 12.0 Å². The molecule has 0 N–H and O–H groups in total. The summed E-state index contributed by atoms with van der Waals surface area (Å²) in [6.45, 7) is 0.745. The van der Waals surface area contributed by atoms with E-state index in [2.05, 4.69) is 4.74 Å². The van der Waals surface area contributed by atoms with Crippen LogP contribution in [0.15, 0.2) is 29.2 Å². The van der Waals surface area contributed by atoms with E-state index >= 15 is 0 Å². The molecule has 16 heavy (non-hydrogen) atoms. The Labute approximate surface area is 100 Å². The molecule has 0 spiro atoms. The number of benzene rings is 1. The third-order valence-corrected chi connectivity index (χ3v) is 3.03. The zero-order valence-corrected chi connectivity index (χ0v) is 10.4. The predicted molar refractivity (Wildman–Crippen MR) is 64.8 cm³/mol. The second-order valence-corrected chi connectivity index (χ2v) is 4.41. The monoisotopic (exact) mass is 240 g/mol. The molecule has 1 rings (SSSR count). The van der Waals surface area contributed by atoms with Crippen LogP contribution < -0.4 is 0 Å². The van der Waals surface area contributed by atoms with Crippen molar-refractivity contribution in [3.05, 3.63) is 29.8 Å². The van der Waals surface area contributed by atoms with E-state index in [1.54, 1.807) is 18.9 Å². The summed E-state index contributed by atoms with van der Waals surface area (Å²) in [5.74, 6) is 0.729. The number of hydrogen-bond donors (Lipinski definition) is 0. The summed E-state index contributed by atoms with van der Waals surface area (Å²) in [5, 5.41) is 0. The van der Waals surface area contributed by atoms with Crippen LogP contribution in [0.2, 0.25) is 0 Å². The van der Waals surface area contributed by atoms with Crippen molar-refractivity contribution < 1.29 is 14.3 Å². The van der Waals surface area contributed by atoms with Crippen molar-refractivity contribution in [2.24, 2.45) is 0 Å². The maximum absolute atomic E-state index is 11.0. The standard InChI is InChI=1S/C12H16O3S/c1-14-7-8-16-11-5-3-10(4-6-11)9-12(13)15-2/h3-6H,7-9H2,1-2H3. The summed E-state index contributed by atoms with van der Waals surface area (Å²) >= 11 is 1.74. The van der Waals surface area contributed by atoms with E-state index < -0.39 is 0 Å². The third kappa shape index (κ3) is 4.68. The Morgan fingerprint density at radius 2 is 1.94 bits per heavy atom. The van der Waals surface area contributed by atoms with Crippen molar-refractivity contribution in [2.75, 3.05) is 26.6 Å². The highest BCUT2D eigenvalue weighted by molar-refractivity contribution is 7.99. The molecule has 0 saturated carbocycles. The van der Waals surface area contributed by atoms with Gasteiger partial charge in [-0.3, -0.25) is 4.79 Å². The molecule has 0 aliphatic carbocycles. The topological polar surface area (TPSA) is 35.5 Å². The Balaban J connectivity index is 2.44. The van der Waals surface area contributed by atoms with Crippen LogP contribution in [0.5, 0.6) is 0 Å². The molecule has 88 valence electrons. The molecule has 0 amide bonds. The van der Waals surface area contributed by atoms with Gasteiger partial charge in [0, 0.05) is 17.8 Å². The molecule has 0 atom stereocenters. The highest BCUT2D eigenvalue weighted by Crippen LogP contribution is 2.18. The van der Waals surface area contributed by atoms with E-state index in [4.69, 9.17) is 4.74 Å². The number of methoxy groups -OCH3 is 2. The Hall–Kier alpha value is -1.00. The first-order valence-corrected chi connectivity index (χ1v) is 6.02. The summed E-state index contributed by atoms with van der Waals surface area (Å²) in [5.41, 5.74) is 0.975. The van der Waals surface area contributed by atoms with Gasteiger partial charge in [-0.2, -0.15) is 0 Å². The van der Waals surface area contributed by atoms with Crippen molar-refractivity contribution in [2.45, 2.75) is 11.3 Å². The molecule has 0 saturated heterocycles. The van der Waals surface area contributed by atoms with Crippen molar-refractivity contribution in [3.63, 3.8) is 0 Å². The molecule has 0 radical (unpaired) electrons. The second kappa shape index (κ2) is 7.30. The predicted octanol–water partition coefficient (Wildman–Crippen LogP) is 2.14. The summed E-state index contributed by atoms with van der Waals surface area (Å²) in [4.78, 5) is 12.2. The summed E-state index contributed by atoms with van der Waals surface area (Å²) in [6, 6.07) is 7.93. The Kier molecular flexibility index (Phi) is 5.96. The van der Waals surface area contributed by atoms with Gasteiger partial charge in [-0.25, -0.2) is 0 Å². The van der Waals surface area contributed by atoms with Crippen molar-refractivity contribution in [1.29, 1.82) is 0 Å². The minimum atomic E-state index is -0.209. The maximum atomic E-state index is 11.0. The lowest BCUT2D eigenvalue weighted by Gasteiger charge is -2.03. The number of ether oxygens (including phenoxy) is 2. The highest BCUT2D eigenvalue weighted by atomic mass is 32.2. The number of rotatable bonds is 6. The van der Waals surface area contributed by atoms with Gasteiger partial charge in [0.15, 0.2) is 0 Å². The fourth-order valence-electron chi connectivity index (χ4n) is 1.19. The van der Waals surface area contributed by atoms with Crippen LogP contribution in [-0.4, -0.2) is 32.5 Å². The smallest absolute Gasteiger partial charge is 0.309 e. The molecule has 0 unspecified atom stereocenters. The fraction of sp³-hybridized carbons (Fsp3) is 0.417. The van der Waals surface area contributed by atoms with Crippen molar-refractivity contribution >= 4 is 17.7 Å². The van der Waals surface area contributed by atoms with Crippen molar-refractivity contribution in [1.82, 2.24) is 0 Å². The lowest BCUT2D eigenvalue weighted by Crippen LogP contribution is -2.04. The Morgan fingerprint density at radius 1 is 1.25 bits per heavy atom. The van der Waals surface area contributed by atoms with E-state index in [0.717, 1.165) is 17.9 Å². The van der Waals surface area contributed by atoms with E-state index in [-0.39, 0.29) is 5.97 Å². The molecule has 0 bridgehead atoms. The van der Waals surface area contributed by atoms with E-state index in [0.29, 0.717) is 6.42 Å². The molecule has 3 nitrogen and oxygen atoms in total. The number of carbonyl (C=O) groups excluding carboxylic acids is 1. The quantitative estimate of drug-likeness (QED) is 0.433.